The summed E-state index contributed by atoms with van der Waals surface area (Å²) < 4.78 is 0. The summed E-state index contributed by atoms with van der Waals surface area (Å²) in [5.74, 6) is -1.21. The summed E-state index contributed by atoms with van der Waals surface area (Å²) in [6, 6.07) is 4.93. The maximum absolute atomic E-state index is 11.7. The molecule has 1 aliphatic heterocycles. The molecule has 1 heterocycles. The van der Waals surface area contributed by atoms with Crippen LogP contribution in [0.2, 0.25) is 10.0 Å². The van der Waals surface area contributed by atoms with Gasteiger partial charge in [-0.25, -0.2) is 10.9 Å². The summed E-state index contributed by atoms with van der Waals surface area (Å²) in [5.41, 5.74) is 5.87. The van der Waals surface area contributed by atoms with Crippen LogP contribution < -0.4 is 10.9 Å². The predicted molar refractivity (Wildman–Crippen MR) is 81.6 cm³/mol. The number of hydrogen-bond donors (Lipinski definition) is 2. The van der Waals surface area contributed by atoms with Gasteiger partial charge in [0.1, 0.15) is 0 Å². The van der Waals surface area contributed by atoms with Crippen molar-refractivity contribution >= 4 is 46.9 Å². The summed E-state index contributed by atoms with van der Waals surface area (Å²) in [6.07, 6.45) is 1.40. The third-order valence-electron chi connectivity index (χ3n) is 2.91. The summed E-state index contributed by atoms with van der Waals surface area (Å²) in [4.78, 5) is 23.1. The van der Waals surface area contributed by atoms with Crippen molar-refractivity contribution in [1.29, 1.82) is 0 Å². The molecule has 2 N–H and O–H groups in total. The molecule has 0 radical (unpaired) electrons. The Morgan fingerprint density at radius 1 is 1.52 bits per heavy atom. The second-order valence-corrected chi connectivity index (χ2v) is 5.29. The molecule has 0 saturated heterocycles. The van der Waals surface area contributed by atoms with Gasteiger partial charge >= 0.3 is 0 Å². The minimum atomic E-state index is -0.542. The molecule has 1 atom stereocenters. The Bertz CT molecular complexity index is 643. The van der Waals surface area contributed by atoms with Crippen LogP contribution in [0, 0.1) is 5.92 Å². The van der Waals surface area contributed by atoms with Crippen molar-refractivity contribution in [2.24, 2.45) is 16.1 Å². The van der Waals surface area contributed by atoms with Gasteiger partial charge in [0.25, 0.3) is 0 Å². The molecule has 0 spiro atoms. The van der Waals surface area contributed by atoms with Crippen LogP contribution in [-0.4, -0.2) is 23.7 Å². The van der Waals surface area contributed by atoms with E-state index in [4.69, 9.17) is 23.2 Å². The first kappa shape index (κ1) is 15.5. The second kappa shape index (κ2) is 6.69. The second-order valence-electron chi connectivity index (χ2n) is 4.44. The zero-order valence-electron chi connectivity index (χ0n) is 11.1. The van der Waals surface area contributed by atoms with Crippen LogP contribution in [0.1, 0.15) is 18.9 Å². The van der Waals surface area contributed by atoms with Crippen molar-refractivity contribution in [2.75, 3.05) is 0 Å². The van der Waals surface area contributed by atoms with Gasteiger partial charge in [0.15, 0.2) is 0 Å². The van der Waals surface area contributed by atoms with Gasteiger partial charge in [-0.2, -0.15) is 10.2 Å². The first-order valence-corrected chi connectivity index (χ1v) is 6.84. The fourth-order valence-corrected chi connectivity index (χ4v) is 2.20. The summed E-state index contributed by atoms with van der Waals surface area (Å²) in [7, 11) is 0. The molecule has 6 nitrogen and oxygen atoms in total. The fourth-order valence-electron chi connectivity index (χ4n) is 1.74. The van der Waals surface area contributed by atoms with Gasteiger partial charge in [-0.05, 0) is 19.1 Å². The molecule has 0 bridgehead atoms. The Morgan fingerprint density at radius 3 is 2.90 bits per heavy atom. The van der Waals surface area contributed by atoms with Crippen LogP contribution >= 0.6 is 23.2 Å². The lowest BCUT2D eigenvalue weighted by Gasteiger charge is -2.05. The molecule has 110 valence electrons. The molecule has 1 aromatic carbocycles. The lowest BCUT2D eigenvalue weighted by Crippen LogP contribution is -2.29. The summed E-state index contributed by atoms with van der Waals surface area (Å²) in [5, 5.41) is 8.51. The van der Waals surface area contributed by atoms with Gasteiger partial charge in [-0.1, -0.05) is 29.3 Å². The number of nitrogens with one attached hydrogen (secondary N) is 2. The SMILES string of the molecule is CC1=NNC(=O)C1CC(=O)NN=Cc1ccc(Cl)cc1Cl. The predicted octanol–water partition coefficient (Wildman–Crippen LogP) is 1.96. The zero-order chi connectivity index (χ0) is 15.4. The number of carbonyl (C=O) groups is 2. The van der Waals surface area contributed by atoms with Gasteiger partial charge in [-0.3, -0.25) is 9.59 Å². The van der Waals surface area contributed by atoms with Gasteiger partial charge in [0, 0.05) is 22.7 Å². The topological polar surface area (TPSA) is 82.9 Å². The van der Waals surface area contributed by atoms with E-state index >= 15 is 0 Å². The normalized spacial score (nSPS) is 17.8. The average molecular weight is 327 g/mol. The Hall–Kier alpha value is -1.92. The molecule has 21 heavy (non-hydrogen) atoms. The van der Waals surface area contributed by atoms with Crippen LogP contribution in [0.5, 0.6) is 0 Å². The Morgan fingerprint density at radius 2 is 2.29 bits per heavy atom. The van der Waals surface area contributed by atoms with E-state index in [2.05, 4.69) is 21.1 Å². The minimum absolute atomic E-state index is 0.00709. The highest BCUT2D eigenvalue weighted by Crippen LogP contribution is 2.19. The number of carbonyl (C=O) groups excluding carboxylic acids is 2. The highest BCUT2D eigenvalue weighted by Gasteiger charge is 2.28. The van der Waals surface area contributed by atoms with E-state index in [0.717, 1.165) is 0 Å². The van der Waals surface area contributed by atoms with Crippen molar-refractivity contribution < 1.29 is 9.59 Å². The smallest absolute Gasteiger partial charge is 0.249 e. The highest BCUT2D eigenvalue weighted by atomic mass is 35.5. The number of rotatable bonds is 4. The third kappa shape index (κ3) is 4.03. The maximum atomic E-state index is 11.7. The molecule has 0 aromatic heterocycles. The standard InChI is InChI=1S/C13H12Cl2N4O2/c1-7-10(13(21)19-17-7)5-12(20)18-16-6-8-2-3-9(14)4-11(8)15/h2-4,6,10H,5H2,1H3,(H,18,20)(H,19,21). The van der Waals surface area contributed by atoms with E-state index < -0.39 is 5.92 Å². The summed E-state index contributed by atoms with van der Waals surface area (Å²) >= 11 is 11.7. The van der Waals surface area contributed by atoms with Crippen molar-refractivity contribution in [3.05, 3.63) is 33.8 Å². The van der Waals surface area contributed by atoms with E-state index in [9.17, 15) is 9.59 Å². The molecule has 1 unspecified atom stereocenters. The van der Waals surface area contributed by atoms with E-state index in [1.807, 2.05) is 0 Å². The van der Waals surface area contributed by atoms with Gasteiger partial charge in [-0.15, -0.1) is 0 Å². The number of benzene rings is 1. The van der Waals surface area contributed by atoms with E-state index in [1.165, 1.54) is 6.21 Å². The van der Waals surface area contributed by atoms with Crippen molar-refractivity contribution in [2.45, 2.75) is 13.3 Å². The monoisotopic (exact) mass is 326 g/mol. The number of amides is 2. The molecule has 2 rings (SSSR count). The summed E-state index contributed by atoms with van der Waals surface area (Å²) in [6.45, 7) is 1.69. The largest absolute Gasteiger partial charge is 0.273 e. The average Bonchev–Trinajstić information content (AvgIpc) is 2.73. The van der Waals surface area contributed by atoms with Crippen LogP contribution in [0.15, 0.2) is 28.4 Å². The van der Waals surface area contributed by atoms with E-state index in [-0.39, 0.29) is 18.2 Å². The molecular formula is C13H12Cl2N4O2. The third-order valence-corrected chi connectivity index (χ3v) is 3.47. The van der Waals surface area contributed by atoms with Crippen LogP contribution in [0.25, 0.3) is 0 Å². The Labute approximate surface area is 131 Å². The molecule has 0 aliphatic carbocycles. The van der Waals surface area contributed by atoms with Crippen LogP contribution in [0.4, 0.5) is 0 Å². The van der Waals surface area contributed by atoms with Gasteiger partial charge < -0.3 is 0 Å². The highest BCUT2D eigenvalue weighted by molar-refractivity contribution is 6.36. The molecular weight excluding hydrogens is 315 g/mol. The number of halogens is 2. The Kier molecular flexibility index (Phi) is 4.93. The van der Waals surface area contributed by atoms with E-state index in [1.54, 1.807) is 25.1 Å². The first-order valence-electron chi connectivity index (χ1n) is 6.08. The maximum Gasteiger partial charge on any atom is 0.249 e. The van der Waals surface area contributed by atoms with Crippen molar-refractivity contribution in [1.82, 2.24) is 10.9 Å². The quantitative estimate of drug-likeness (QED) is 0.654. The number of hydrogen-bond acceptors (Lipinski definition) is 4. The number of nitrogens with zero attached hydrogens (tertiary/aromatic N) is 2. The minimum Gasteiger partial charge on any atom is -0.273 e. The first-order chi connectivity index (χ1) is 9.97. The molecule has 2 amide bonds. The molecule has 0 saturated carbocycles. The van der Waals surface area contributed by atoms with E-state index in [0.29, 0.717) is 21.3 Å². The van der Waals surface area contributed by atoms with Crippen molar-refractivity contribution in [3.8, 4) is 0 Å². The molecule has 1 aromatic rings. The molecule has 1 aliphatic rings. The van der Waals surface area contributed by atoms with Crippen LogP contribution in [-0.2, 0) is 9.59 Å². The zero-order valence-corrected chi connectivity index (χ0v) is 12.6. The Balaban J connectivity index is 1.90. The fraction of sp³-hybridized carbons (Fsp3) is 0.231. The van der Waals surface area contributed by atoms with Gasteiger partial charge in [0.2, 0.25) is 11.8 Å². The molecule has 0 fully saturated rings. The van der Waals surface area contributed by atoms with Crippen molar-refractivity contribution in [3.63, 3.8) is 0 Å². The van der Waals surface area contributed by atoms with Crippen LogP contribution in [0.3, 0.4) is 0 Å². The molecule has 8 heteroatoms. The lowest BCUT2D eigenvalue weighted by molar-refractivity contribution is -0.127. The lowest BCUT2D eigenvalue weighted by atomic mass is 10.0. The number of hydrazone groups is 2. The van der Waals surface area contributed by atoms with Gasteiger partial charge in [0.05, 0.1) is 17.2 Å².